The molecule has 116 valence electrons. The first-order valence-corrected chi connectivity index (χ1v) is 7.02. The molecule has 0 fully saturated rings. The number of aromatic nitrogens is 1. The maximum Gasteiger partial charge on any atom is 0.239 e. The first kappa shape index (κ1) is 17.3. The molecule has 0 aliphatic rings. The second-order valence-electron chi connectivity index (χ2n) is 4.81. The Labute approximate surface area is 130 Å². The van der Waals surface area contributed by atoms with Crippen LogP contribution in [-0.2, 0) is 9.53 Å². The quantitative estimate of drug-likeness (QED) is 0.565. The number of amides is 1. The molecule has 1 rings (SSSR count). The van der Waals surface area contributed by atoms with Gasteiger partial charge in [0.1, 0.15) is 4.99 Å². The zero-order chi connectivity index (χ0) is 16.0. The third-order valence-electron chi connectivity index (χ3n) is 2.97. The fourth-order valence-corrected chi connectivity index (χ4v) is 2.31. The predicted molar refractivity (Wildman–Crippen MR) is 87.8 cm³/mol. The van der Waals surface area contributed by atoms with Gasteiger partial charge in [0.2, 0.25) is 5.91 Å². The van der Waals surface area contributed by atoms with Gasteiger partial charge >= 0.3 is 0 Å². The number of thiocarbonyl (C=S) groups is 1. The number of ether oxygens (including phenoxy) is 1. The molecule has 21 heavy (non-hydrogen) atoms. The Hall–Kier alpha value is -1.73. The second kappa shape index (κ2) is 7.90. The lowest BCUT2D eigenvalue weighted by Crippen LogP contribution is -2.37. The van der Waals surface area contributed by atoms with E-state index < -0.39 is 0 Å². The van der Waals surface area contributed by atoms with Gasteiger partial charge in [-0.1, -0.05) is 12.2 Å². The van der Waals surface area contributed by atoms with E-state index in [0.717, 1.165) is 17.1 Å². The van der Waals surface area contributed by atoms with Gasteiger partial charge in [-0.25, -0.2) is 0 Å². The summed E-state index contributed by atoms with van der Waals surface area (Å²) in [7, 11) is 3.42. The Morgan fingerprint density at radius 3 is 2.76 bits per heavy atom. The number of carbonyl (C=O) groups excluding carboxylic acids is 1. The lowest BCUT2D eigenvalue weighted by molar-refractivity contribution is -0.119. The van der Waals surface area contributed by atoms with Crippen LogP contribution in [0.25, 0.3) is 0 Å². The van der Waals surface area contributed by atoms with E-state index in [1.807, 2.05) is 31.9 Å². The Kier molecular flexibility index (Phi) is 6.51. The van der Waals surface area contributed by atoms with Crippen LogP contribution in [0, 0.1) is 13.8 Å². The zero-order valence-electron chi connectivity index (χ0n) is 12.9. The van der Waals surface area contributed by atoms with Crippen molar-refractivity contribution in [2.75, 3.05) is 38.8 Å². The lowest BCUT2D eigenvalue weighted by atomic mass is 10.1. The molecule has 0 radical (unpaired) electrons. The van der Waals surface area contributed by atoms with Gasteiger partial charge in [-0.05, 0) is 19.9 Å². The minimum absolute atomic E-state index is 0.0874. The van der Waals surface area contributed by atoms with E-state index in [0.29, 0.717) is 18.7 Å². The molecule has 0 atom stereocenters. The van der Waals surface area contributed by atoms with Crippen molar-refractivity contribution in [3.63, 3.8) is 0 Å². The van der Waals surface area contributed by atoms with E-state index in [-0.39, 0.29) is 17.4 Å². The Bertz CT molecular complexity index is 534. The van der Waals surface area contributed by atoms with E-state index >= 15 is 0 Å². The van der Waals surface area contributed by atoms with Crippen LogP contribution in [0.15, 0.2) is 6.07 Å². The van der Waals surface area contributed by atoms with Gasteiger partial charge in [0.15, 0.2) is 0 Å². The number of methoxy groups -OCH3 is 1. The van der Waals surface area contributed by atoms with E-state index in [1.165, 1.54) is 0 Å². The minimum atomic E-state index is -0.0874. The van der Waals surface area contributed by atoms with Gasteiger partial charge in [-0.3, -0.25) is 9.78 Å². The van der Waals surface area contributed by atoms with E-state index in [1.54, 1.807) is 7.11 Å². The topological polar surface area (TPSA) is 80.5 Å². The van der Waals surface area contributed by atoms with Gasteiger partial charge in [0, 0.05) is 32.1 Å². The number of hydrogen-bond donors (Lipinski definition) is 2. The summed E-state index contributed by atoms with van der Waals surface area (Å²) in [6.07, 6.45) is 0. The lowest BCUT2D eigenvalue weighted by Gasteiger charge is -2.23. The Balaban J connectivity index is 2.89. The van der Waals surface area contributed by atoms with Crippen molar-refractivity contribution in [3.8, 4) is 0 Å². The molecular formula is C14H22N4O2S. The number of aryl methyl sites for hydroxylation is 2. The van der Waals surface area contributed by atoms with Gasteiger partial charge in [-0.15, -0.1) is 0 Å². The number of nitrogens with one attached hydrogen (secondary N) is 1. The maximum absolute atomic E-state index is 11.9. The molecule has 0 aliphatic carbocycles. The third kappa shape index (κ3) is 4.95. The van der Waals surface area contributed by atoms with Crippen molar-refractivity contribution in [1.29, 1.82) is 0 Å². The SMILES string of the molecule is COCCNC(=O)CN(C)c1cc(C)nc(C)c1C(N)=S. The largest absolute Gasteiger partial charge is 0.389 e. The number of hydrogen-bond acceptors (Lipinski definition) is 5. The van der Waals surface area contributed by atoms with E-state index in [2.05, 4.69) is 10.3 Å². The molecule has 0 spiro atoms. The molecule has 0 bridgehead atoms. The molecule has 1 aromatic rings. The molecule has 7 heteroatoms. The van der Waals surface area contributed by atoms with Crippen molar-refractivity contribution < 1.29 is 9.53 Å². The highest BCUT2D eigenvalue weighted by atomic mass is 32.1. The Morgan fingerprint density at radius 1 is 1.52 bits per heavy atom. The summed E-state index contributed by atoms with van der Waals surface area (Å²) in [5, 5.41) is 2.78. The van der Waals surface area contributed by atoms with Crippen LogP contribution in [-0.4, -0.2) is 49.7 Å². The maximum atomic E-state index is 11.9. The minimum Gasteiger partial charge on any atom is -0.389 e. The molecule has 0 aliphatic heterocycles. The zero-order valence-corrected chi connectivity index (χ0v) is 13.7. The molecule has 1 aromatic heterocycles. The summed E-state index contributed by atoms with van der Waals surface area (Å²) in [5.41, 5.74) is 8.93. The molecule has 1 amide bonds. The van der Waals surface area contributed by atoms with Crippen LogP contribution in [0.2, 0.25) is 0 Å². The van der Waals surface area contributed by atoms with Crippen molar-refractivity contribution >= 4 is 28.8 Å². The summed E-state index contributed by atoms with van der Waals surface area (Å²) < 4.78 is 4.89. The second-order valence-corrected chi connectivity index (χ2v) is 5.25. The summed E-state index contributed by atoms with van der Waals surface area (Å²) in [4.78, 5) is 18.3. The molecular weight excluding hydrogens is 288 g/mol. The van der Waals surface area contributed by atoms with Crippen LogP contribution < -0.4 is 16.0 Å². The van der Waals surface area contributed by atoms with Crippen LogP contribution in [0.4, 0.5) is 5.69 Å². The molecule has 0 saturated heterocycles. The number of likely N-dealkylation sites (N-methyl/N-ethyl adjacent to an activating group) is 1. The number of carbonyl (C=O) groups is 1. The summed E-state index contributed by atoms with van der Waals surface area (Å²) in [5.74, 6) is -0.0874. The molecule has 1 heterocycles. The van der Waals surface area contributed by atoms with Crippen molar-refractivity contribution in [1.82, 2.24) is 10.3 Å². The number of anilines is 1. The smallest absolute Gasteiger partial charge is 0.239 e. The molecule has 0 unspecified atom stereocenters. The van der Waals surface area contributed by atoms with E-state index in [9.17, 15) is 4.79 Å². The predicted octanol–water partition coefficient (Wildman–Crippen LogP) is 0.531. The third-order valence-corrected chi connectivity index (χ3v) is 3.18. The Morgan fingerprint density at radius 2 is 2.19 bits per heavy atom. The average molecular weight is 310 g/mol. The van der Waals surface area contributed by atoms with Crippen molar-refractivity contribution in [2.24, 2.45) is 5.73 Å². The van der Waals surface area contributed by atoms with Crippen LogP contribution in [0.5, 0.6) is 0 Å². The molecule has 3 N–H and O–H groups in total. The standard InChI is InChI=1S/C14H22N4O2S/c1-9-7-11(13(14(15)21)10(2)17-9)18(3)8-12(19)16-5-6-20-4/h7H,5-6,8H2,1-4H3,(H2,15,21)(H,16,19). The molecule has 0 saturated carbocycles. The van der Waals surface area contributed by atoms with Gasteiger partial charge < -0.3 is 20.7 Å². The number of nitrogens with zero attached hydrogens (tertiary/aromatic N) is 2. The summed E-state index contributed by atoms with van der Waals surface area (Å²) in [6.45, 7) is 4.94. The summed E-state index contributed by atoms with van der Waals surface area (Å²) in [6, 6.07) is 1.88. The van der Waals surface area contributed by atoms with Crippen molar-refractivity contribution in [2.45, 2.75) is 13.8 Å². The highest BCUT2D eigenvalue weighted by Crippen LogP contribution is 2.22. The number of pyridine rings is 1. The van der Waals surface area contributed by atoms with E-state index in [4.69, 9.17) is 22.7 Å². The highest BCUT2D eigenvalue weighted by molar-refractivity contribution is 7.80. The molecule has 0 aromatic carbocycles. The summed E-state index contributed by atoms with van der Waals surface area (Å²) >= 11 is 5.09. The number of nitrogens with two attached hydrogens (primary N) is 1. The monoisotopic (exact) mass is 310 g/mol. The number of rotatable bonds is 7. The normalized spacial score (nSPS) is 10.3. The van der Waals surface area contributed by atoms with Crippen LogP contribution in [0.3, 0.4) is 0 Å². The average Bonchev–Trinajstić information content (AvgIpc) is 2.37. The molecule has 6 nitrogen and oxygen atoms in total. The fraction of sp³-hybridized carbons (Fsp3) is 0.500. The first-order chi connectivity index (χ1) is 9.86. The fourth-order valence-electron chi connectivity index (χ4n) is 2.06. The van der Waals surface area contributed by atoms with Gasteiger partial charge in [-0.2, -0.15) is 0 Å². The van der Waals surface area contributed by atoms with Gasteiger partial charge in [0.25, 0.3) is 0 Å². The first-order valence-electron chi connectivity index (χ1n) is 6.61. The van der Waals surface area contributed by atoms with Gasteiger partial charge in [0.05, 0.1) is 24.4 Å². The van der Waals surface area contributed by atoms with Crippen LogP contribution >= 0.6 is 12.2 Å². The highest BCUT2D eigenvalue weighted by Gasteiger charge is 2.16. The van der Waals surface area contributed by atoms with Crippen LogP contribution in [0.1, 0.15) is 17.0 Å². The van der Waals surface area contributed by atoms with Crippen molar-refractivity contribution in [3.05, 3.63) is 23.0 Å².